The normalized spacial score (nSPS) is 19.5. The average molecular weight is 812 g/mol. The Morgan fingerprint density at radius 3 is 1.56 bits per heavy atom. The van der Waals surface area contributed by atoms with Gasteiger partial charge in [-0.25, -0.2) is 12.4 Å². The summed E-state index contributed by atoms with van der Waals surface area (Å²) in [7, 11) is -4.41. The Balaban J connectivity index is 1.26. The summed E-state index contributed by atoms with van der Waals surface area (Å²) in [4.78, 5) is -0.0404. The highest BCUT2D eigenvalue weighted by Crippen LogP contribution is 2.43. The summed E-state index contributed by atoms with van der Waals surface area (Å²) in [5, 5.41) is 0.369. The molecule has 0 amide bonds. The van der Waals surface area contributed by atoms with Crippen LogP contribution in [0.5, 0.6) is 0 Å². The van der Waals surface area contributed by atoms with Crippen molar-refractivity contribution in [3.63, 3.8) is 0 Å². The average Bonchev–Trinajstić information content (AvgIpc) is 3.58. The molecule has 5 atom stereocenters. The van der Waals surface area contributed by atoms with Crippen molar-refractivity contribution in [2.45, 2.75) is 68.8 Å². The third-order valence-electron chi connectivity index (χ3n) is 10.5. The van der Waals surface area contributed by atoms with Crippen molar-refractivity contribution in [1.82, 2.24) is 3.97 Å². The molecule has 302 valence electrons. The molecular formula is C49H46FNO7S. The van der Waals surface area contributed by atoms with E-state index in [2.05, 4.69) is 0 Å². The monoisotopic (exact) mass is 811 g/mol. The molecule has 8 nitrogen and oxygen atoms in total. The number of para-hydroxylation sites is 1. The lowest BCUT2D eigenvalue weighted by Crippen LogP contribution is -2.58. The summed E-state index contributed by atoms with van der Waals surface area (Å²) < 4.78 is 81.1. The van der Waals surface area contributed by atoms with Crippen LogP contribution in [0.25, 0.3) is 10.9 Å². The number of hydrogen-bond donors (Lipinski definition) is 0. The Bertz CT molecular complexity index is 2520. The third kappa shape index (κ3) is 9.24. The maximum Gasteiger partial charge on any atom is 0.270 e. The van der Waals surface area contributed by atoms with Crippen molar-refractivity contribution in [2.75, 3.05) is 6.61 Å². The Morgan fingerprint density at radius 1 is 0.559 bits per heavy atom. The van der Waals surface area contributed by atoms with Gasteiger partial charge in [-0.05, 0) is 47.4 Å². The van der Waals surface area contributed by atoms with Crippen LogP contribution in [-0.2, 0) is 60.1 Å². The van der Waals surface area contributed by atoms with Gasteiger partial charge in [0.2, 0.25) is 5.95 Å². The van der Waals surface area contributed by atoms with E-state index in [0.29, 0.717) is 12.0 Å². The third-order valence-corrected chi connectivity index (χ3v) is 12.2. The van der Waals surface area contributed by atoms with Crippen molar-refractivity contribution < 1.29 is 36.5 Å². The fourth-order valence-electron chi connectivity index (χ4n) is 7.55. The Labute approximate surface area is 344 Å². The van der Waals surface area contributed by atoms with E-state index < -0.39 is 46.5 Å². The molecule has 1 aliphatic rings. The van der Waals surface area contributed by atoms with Crippen LogP contribution < -0.4 is 0 Å². The first-order chi connectivity index (χ1) is 28.9. The molecule has 0 radical (unpaired) electrons. The number of halogens is 1. The molecule has 1 fully saturated rings. The molecule has 1 aliphatic heterocycles. The maximum atomic E-state index is 17.7. The summed E-state index contributed by atoms with van der Waals surface area (Å²) in [6.45, 7) is 2.78. The summed E-state index contributed by atoms with van der Waals surface area (Å²) in [6.07, 6.45) is -4.57. The predicted octanol–water partition coefficient (Wildman–Crippen LogP) is 9.74. The van der Waals surface area contributed by atoms with Gasteiger partial charge in [0.15, 0.2) is 0 Å². The Kier molecular flexibility index (Phi) is 12.7. The van der Waals surface area contributed by atoms with E-state index in [0.717, 1.165) is 31.8 Å². The second-order valence-corrected chi connectivity index (χ2v) is 16.5. The summed E-state index contributed by atoms with van der Waals surface area (Å²) in [6, 6.07) is 52.2. The molecule has 6 aromatic carbocycles. The van der Waals surface area contributed by atoms with Crippen LogP contribution in [0.1, 0.15) is 39.5 Å². The molecule has 8 rings (SSSR count). The van der Waals surface area contributed by atoms with Crippen LogP contribution in [0.3, 0.4) is 0 Å². The van der Waals surface area contributed by atoms with Gasteiger partial charge in [0.1, 0.15) is 30.5 Å². The van der Waals surface area contributed by atoms with Gasteiger partial charge in [-0.1, -0.05) is 157 Å². The number of benzene rings is 6. The zero-order valence-corrected chi connectivity index (χ0v) is 33.5. The number of ether oxygens (including phenoxy) is 5. The van der Waals surface area contributed by atoms with Gasteiger partial charge < -0.3 is 23.7 Å². The topological polar surface area (TPSA) is 85.2 Å². The smallest absolute Gasteiger partial charge is 0.270 e. The van der Waals surface area contributed by atoms with Gasteiger partial charge in [-0.2, -0.15) is 4.39 Å². The first kappa shape index (κ1) is 40.3. The lowest BCUT2D eigenvalue weighted by atomic mass is 9.90. The zero-order chi connectivity index (χ0) is 40.6. The van der Waals surface area contributed by atoms with Crippen molar-refractivity contribution >= 4 is 20.9 Å². The van der Waals surface area contributed by atoms with Crippen LogP contribution in [-0.4, -0.2) is 43.4 Å². The van der Waals surface area contributed by atoms with Gasteiger partial charge >= 0.3 is 0 Å². The van der Waals surface area contributed by atoms with Crippen LogP contribution in [0.4, 0.5) is 4.39 Å². The number of aryl methyl sites for hydroxylation is 1. The molecule has 59 heavy (non-hydrogen) atoms. The second kappa shape index (κ2) is 18.6. The highest BCUT2D eigenvalue weighted by Gasteiger charge is 2.51. The van der Waals surface area contributed by atoms with Crippen molar-refractivity contribution in [3.05, 3.63) is 209 Å². The van der Waals surface area contributed by atoms with Crippen LogP contribution in [0.15, 0.2) is 175 Å². The highest BCUT2D eigenvalue weighted by molar-refractivity contribution is 7.90. The second-order valence-electron chi connectivity index (χ2n) is 14.7. The Morgan fingerprint density at radius 2 is 1.02 bits per heavy atom. The SMILES string of the molecule is Cc1ccc(S(=O)(=O)n2c(F)c([C@@H]3O[C@H](COCc4ccccc4)[C@@H](OCc4ccccc4)[C@H](OCc4ccccc4)[C@H]3OCc3ccccc3)c3ccccc32)cc1. The number of hydrogen-bond acceptors (Lipinski definition) is 7. The van der Waals surface area contributed by atoms with Gasteiger partial charge in [0.05, 0.1) is 43.4 Å². The maximum absolute atomic E-state index is 17.7. The number of fused-ring (bicyclic) bond motifs is 1. The molecule has 0 N–H and O–H groups in total. The minimum atomic E-state index is -4.41. The molecule has 2 heterocycles. The van der Waals surface area contributed by atoms with Crippen molar-refractivity contribution in [2.24, 2.45) is 0 Å². The zero-order valence-electron chi connectivity index (χ0n) is 32.7. The standard InChI is InChI=1S/C49H46FNO7S/c1-35-26-28-40(29-27-35)59(52,53)51-42-25-15-14-24-41(42)44(49(51)50)46-48(57-33-39-22-12-5-13-23-39)47(56-32-38-20-10-4-11-21-38)45(55-31-37-18-8-3-9-19-37)43(58-46)34-54-30-36-16-6-2-7-17-36/h2-29,43,45-48H,30-34H2,1H3/t43-,45-,46+,47+,48+/m1/s1. The summed E-state index contributed by atoms with van der Waals surface area (Å²) >= 11 is 0. The van der Waals surface area contributed by atoms with Gasteiger partial charge in [0.25, 0.3) is 10.0 Å². The van der Waals surface area contributed by atoms with Gasteiger partial charge in [-0.3, -0.25) is 0 Å². The van der Waals surface area contributed by atoms with E-state index in [9.17, 15) is 8.42 Å². The van der Waals surface area contributed by atoms with Gasteiger partial charge in [-0.15, -0.1) is 0 Å². The minimum absolute atomic E-state index is 0.0391. The molecule has 0 unspecified atom stereocenters. The molecule has 10 heteroatoms. The van der Waals surface area contributed by atoms with E-state index >= 15 is 4.39 Å². The van der Waals surface area contributed by atoms with Crippen molar-refractivity contribution in [3.8, 4) is 0 Å². The molecule has 0 saturated carbocycles. The molecule has 0 bridgehead atoms. The fraction of sp³-hybridized carbons (Fsp3) is 0.224. The van der Waals surface area contributed by atoms with Crippen LogP contribution in [0, 0.1) is 12.9 Å². The molecule has 7 aromatic rings. The predicted molar refractivity (Wildman–Crippen MR) is 224 cm³/mol. The summed E-state index contributed by atoms with van der Waals surface area (Å²) in [5.74, 6) is -0.973. The van der Waals surface area contributed by atoms with Crippen LogP contribution in [0.2, 0.25) is 0 Å². The lowest BCUT2D eigenvalue weighted by Gasteiger charge is -2.46. The molecular weight excluding hydrogens is 766 g/mol. The molecule has 1 aromatic heterocycles. The largest absolute Gasteiger partial charge is 0.374 e. The van der Waals surface area contributed by atoms with E-state index in [1.54, 1.807) is 36.4 Å². The highest BCUT2D eigenvalue weighted by atomic mass is 32.2. The number of nitrogens with zero attached hydrogens (tertiary/aromatic N) is 1. The Hall–Kier alpha value is -5.46. The van der Waals surface area contributed by atoms with E-state index in [-0.39, 0.29) is 42.4 Å². The minimum Gasteiger partial charge on any atom is -0.374 e. The van der Waals surface area contributed by atoms with Crippen LogP contribution >= 0.6 is 0 Å². The quantitative estimate of drug-likeness (QED) is 0.0961. The van der Waals surface area contributed by atoms with E-state index in [1.165, 1.54) is 12.1 Å². The molecule has 1 saturated heterocycles. The first-order valence-electron chi connectivity index (χ1n) is 19.7. The molecule has 0 spiro atoms. The van der Waals surface area contributed by atoms with Crippen molar-refractivity contribution in [1.29, 1.82) is 0 Å². The van der Waals surface area contributed by atoms with E-state index in [1.807, 2.05) is 128 Å². The van der Waals surface area contributed by atoms with E-state index in [4.69, 9.17) is 23.7 Å². The number of rotatable bonds is 16. The molecule has 0 aliphatic carbocycles. The fourth-order valence-corrected chi connectivity index (χ4v) is 8.97. The first-order valence-corrected chi connectivity index (χ1v) is 21.2. The summed E-state index contributed by atoms with van der Waals surface area (Å²) in [5.41, 5.74) is 4.80. The van der Waals surface area contributed by atoms with Gasteiger partial charge in [0, 0.05) is 10.9 Å². The lowest BCUT2D eigenvalue weighted by molar-refractivity contribution is -0.275. The number of aromatic nitrogens is 1.